The van der Waals surface area contributed by atoms with E-state index in [-0.39, 0.29) is 0 Å². The van der Waals surface area contributed by atoms with Gasteiger partial charge in [0.25, 0.3) is 0 Å². The van der Waals surface area contributed by atoms with Crippen molar-refractivity contribution >= 4 is 11.9 Å². The second kappa shape index (κ2) is 4.11. The van der Waals surface area contributed by atoms with Crippen LogP contribution in [0.1, 0.15) is 13.3 Å². The first-order valence-electron chi connectivity index (χ1n) is 3.29. The van der Waals surface area contributed by atoms with Gasteiger partial charge in [-0.05, 0) is 0 Å². The third kappa shape index (κ3) is 5.94. The molecule has 0 bridgehead atoms. The van der Waals surface area contributed by atoms with E-state index in [4.69, 9.17) is 5.11 Å². The van der Waals surface area contributed by atoms with Gasteiger partial charge in [0.2, 0.25) is 5.91 Å². The first kappa shape index (κ1) is 11.7. The lowest BCUT2D eigenvalue weighted by atomic mass is 10.2. The molecule has 0 fully saturated rings. The lowest BCUT2D eigenvalue weighted by Crippen LogP contribution is -2.42. The monoisotopic (exact) mass is 199 g/mol. The molecule has 2 N–H and O–H groups in total. The summed E-state index contributed by atoms with van der Waals surface area (Å²) in [6.45, 7) is 0.951. The maximum Gasteiger partial charge on any atom is 0.391 e. The Morgan fingerprint density at radius 3 is 2.15 bits per heavy atom. The molecular formula is C6H8F3NO3. The maximum absolute atomic E-state index is 11.7. The average Bonchev–Trinajstić information content (AvgIpc) is 1.81. The van der Waals surface area contributed by atoms with Gasteiger partial charge in [0.15, 0.2) is 0 Å². The molecule has 0 aromatic carbocycles. The van der Waals surface area contributed by atoms with Gasteiger partial charge in [-0.2, -0.15) is 13.2 Å². The fraction of sp³-hybridized carbons (Fsp3) is 0.667. The molecule has 0 rings (SSSR count). The van der Waals surface area contributed by atoms with Crippen molar-refractivity contribution in [2.45, 2.75) is 25.6 Å². The number of alkyl halides is 3. The smallest absolute Gasteiger partial charge is 0.391 e. The summed E-state index contributed by atoms with van der Waals surface area (Å²) in [5.74, 6) is -2.51. The van der Waals surface area contributed by atoms with Gasteiger partial charge in [-0.1, -0.05) is 0 Å². The van der Waals surface area contributed by atoms with Gasteiger partial charge >= 0.3 is 12.1 Å². The summed E-state index contributed by atoms with van der Waals surface area (Å²) in [7, 11) is 0. The van der Waals surface area contributed by atoms with E-state index in [9.17, 15) is 22.8 Å². The van der Waals surface area contributed by atoms with Gasteiger partial charge in [-0.3, -0.25) is 4.79 Å². The minimum absolute atomic E-state index is 0.809. The molecular weight excluding hydrogens is 191 g/mol. The Hall–Kier alpha value is -1.27. The van der Waals surface area contributed by atoms with Crippen molar-refractivity contribution in [2.24, 2.45) is 0 Å². The molecule has 0 radical (unpaired) electrons. The van der Waals surface area contributed by atoms with Crippen LogP contribution in [0.15, 0.2) is 0 Å². The number of carbonyl (C=O) groups is 2. The zero-order chi connectivity index (χ0) is 10.6. The van der Waals surface area contributed by atoms with Crippen LogP contribution in [0.25, 0.3) is 0 Å². The summed E-state index contributed by atoms with van der Waals surface area (Å²) >= 11 is 0. The number of nitrogens with one attached hydrogen (secondary N) is 1. The Balaban J connectivity index is 4.27. The molecule has 0 aromatic heterocycles. The molecule has 0 saturated carbocycles. The van der Waals surface area contributed by atoms with Crippen molar-refractivity contribution in [3.63, 3.8) is 0 Å². The van der Waals surface area contributed by atoms with Crippen LogP contribution in [0.4, 0.5) is 13.2 Å². The molecule has 0 saturated heterocycles. The van der Waals surface area contributed by atoms with E-state index in [1.54, 1.807) is 5.32 Å². The quantitative estimate of drug-likeness (QED) is 0.696. The minimum atomic E-state index is -4.61. The SMILES string of the molecule is CC(=O)N[C@H](CC(F)(F)F)C(=O)O. The van der Waals surface area contributed by atoms with E-state index in [1.165, 1.54) is 0 Å². The highest BCUT2D eigenvalue weighted by molar-refractivity contribution is 5.82. The van der Waals surface area contributed by atoms with Gasteiger partial charge in [-0.25, -0.2) is 4.79 Å². The van der Waals surface area contributed by atoms with Crippen LogP contribution in [0.5, 0.6) is 0 Å². The Bertz CT molecular complexity index is 214. The van der Waals surface area contributed by atoms with E-state index in [1.807, 2.05) is 0 Å². The van der Waals surface area contributed by atoms with Crippen LogP contribution in [0.2, 0.25) is 0 Å². The number of carboxylic acids is 1. The lowest BCUT2D eigenvalue weighted by molar-refractivity contribution is -0.159. The van der Waals surface area contributed by atoms with Crippen molar-refractivity contribution in [1.29, 1.82) is 0 Å². The number of aliphatic carboxylic acids is 1. The minimum Gasteiger partial charge on any atom is -0.480 e. The molecule has 0 aliphatic rings. The zero-order valence-corrected chi connectivity index (χ0v) is 6.68. The Labute approximate surface area is 71.7 Å². The van der Waals surface area contributed by atoms with Gasteiger partial charge in [0.05, 0.1) is 6.42 Å². The molecule has 7 heteroatoms. The third-order valence-electron chi connectivity index (χ3n) is 1.11. The molecule has 1 atom stereocenters. The molecule has 0 unspecified atom stereocenters. The molecule has 0 aromatic rings. The van der Waals surface area contributed by atoms with Gasteiger partial charge in [-0.15, -0.1) is 0 Å². The number of carboxylic acid groups (broad SMARTS) is 1. The van der Waals surface area contributed by atoms with E-state index < -0.39 is 30.5 Å². The summed E-state index contributed by atoms with van der Waals surface area (Å²) < 4.78 is 35.1. The lowest BCUT2D eigenvalue weighted by Gasteiger charge is -2.14. The van der Waals surface area contributed by atoms with E-state index >= 15 is 0 Å². The summed E-state index contributed by atoms with van der Waals surface area (Å²) in [4.78, 5) is 20.5. The molecule has 0 aliphatic heterocycles. The van der Waals surface area contributed by atoms with Crippen LogP contribution in [-0.4, -0.2) is 29.2 Å². The zero-order valence-electron chi connectivity index (χ0n) is 6.68. The van der Waals surface area contributed by atoms with E-state index in [2.05, 4.69) is 0 Å². The van der Waals surface area contributed by atoms with Crippen LogP contribution in [-0.2, 0) is 9.59 Å². The van der Waals surface area contributed by atoms with E-state index in [0.29, 0.717) is 0 Å². The third-order valence-corrected chi connectivity index (χ3v) is 1.11. The summed E-state index contributed by atoms with van der Waals surface area (Å²) in [6.07, 6.45) is -6.17. The number of carbonyl (C=O) groups excluding carboxylic acids is 1. The van der Waals surface area contributed by atoms with Crippen LogP contribution >= 0.6 is 0 Å². The van der Waals surface area contributed by atoms with Crippen molar-refractivity contribution in [3.05, 3.63) is 0 Å². The molecule has 13 heavy (non-hydrogen) atoms. The van der Waals surface area contributed by atoms with E-state index in [0.717, 1.165) is 6.92 Å². The van der Waals surface area contributed by atoms with Gasteiger partial charge in [0.1, 0.15) is 6.04 Å². The molecule has 76 valence electrons. The van der Waals surface area contributed by atoms with Gasteiger partial charge < -0.3 is 10.4 Å². The van der Waals surface area contributed by atoms with Crippen LogP contribution < -0.4 is 5.32 Å². The summed E-state index contributed by atoms with van der Waals surface area (Å²) in [6, 6.07) is -1.91. The Kier molecular flexibility index (Phi) is 3.70. The fourth-order valence-corrected chi connectivity index (χ4v) is 0.677. The van der Waals surface area contributed by atoms with Crippen molar-refractivity contribution in [3.8, 4) is 0 Å². The van der Waals surface area contributed by atoms with Gasteiger partial charge in [0, 0.05) is 6.92 Å². The predicted molar refractivity (Wildman–Crippen MR) is 35.9 cm³/mol. The second-order valence-corrected chi connectivity index (χ2v) is 2.41. The van der Waals surface area contributed by atoms with Crippen molar-refractivity contribution in [1.82, 2.24) is 5.32 Å². The number of halogens is 3. The molecule has 0 spiro atoms. The first-order chi connectivity index (χ1) is 5.72. The molecule has 1 amide bonds. The summed E-state index contributed by atoms with van der Waals surface area (Å²) in [5.41, 5.74) is 0. The largest absolute Gasteiger partial charge is 0.480 e. The van der Waals surface area contributed by atoms with Crippen LogP contribution in [0.3, 0.4) is 0 Å². The van der Waals surface area contributed by atoms with Crippen molar-refractivity contribution in [2.75, 3.05) is 0 Å². The number of rotatable bonds is 3. The average molecular weight is 199 g/mol. The molecule has 4 nitrogen and oxygen atoms in total. The van der Waals surface area contributed by atoms with Crippen molar-refractivity contribution < 1.29 is 27.9 Å². The normalized spacial score (nSPS) is 13.5. The summed E-state index contributed by atoms with van der Waals surface area (Å²) in [5, 5.41) is 9.95. The standard InChI is InChI=1S/C6H8F3NO3/c1-3(11)10-4(5(12)13)2-6(7,8)9/h4H,2H2,1H3,(H,10,11)(H,12,13)/t4-/m1/s1. The highest BCUT2D eigenvalue weighted by atomic mass is 19.4. The molecule has 0 heterocycles. The molecule has 0 aliphatic carbocycles. The fourth-order valence-electron chi connectivity index (χ4n) is 0.677. The predicted octanol–water partition coefficient (Wildman–Crippen LogP) is 0.528. The Morgan fingerprint density at radius 2 is 1.92 bits per heavy atom. The number of hydrogen-bond donors (Lipinski definition) is 2. The number of amides is 1. The second-order valence-electron chi connectivity index (χ2n) is 2.41. The maximum atomic E-state index is 11.7. The first-order valence-corrected chi connectivity index (χ1v) is 3.29. The highest BCUT2D eigenvalue weighted by Crippen LogP contribution is 2.21. The van der Waals surface area contributed by atoms with Crippen LogP contribution in [0, 0.1) is 0 Å². The topological polar surface area (TPSA) is 66.4 Å². The number of hydrogen-bond acceptors (Lipinski definition) is 2. The Morgan fingerprint density at radius 1 is 1.46 bits per heavy atom. The highest BCUT2D eigenvalue weighted by Gasteiger charge is 2.35.